The van der Waals surface area contributed by atoms with E-state index >= 15 is 0 Å². The molecular weight excluding hydrogens is 240 g/mol. The van der Waals surface area contributed by atoms with Crippen LogP contribution in [0.4, 0.5) is 0 Å². The first-order chi connectivity index (χ1) is 7.79. The van der Waals surface area contributed by atoms with E-state index in [4.69, 9.17) is 0 Å². The second kappa shape index (κ2) is 6.80. The van der Waals surface area contributed by atoms with Gasteiger partial charge in [-0.15, -0.1) is 0 Å². The van der Waals surface area contributed by atoms with Gasteiger partial charge in [0.15, 0.2) is 0 Å². The van der Waals surface area contributed by atoms with Gasteiger partial charge in [-0.25, -0.2) is 0 Å². The predicted octanol–water partition coefficient (Wildman–Crippen LogP) is 2.52. The molecule has 2 aromatic rings. The third-order valence-electron chi connectivity index (χ3n) is 2.51. The third kappa shape index (κ3) is 3.56. The molecule has 0 amide bonds. The van der Waals surface area contributed by atoms with Gasteiger partial charge in [-0.1, -0.05) is 60.7 Å². The van der Waals surface area contributed by atoms with Crippen LogP contribution in [0.2, 0.25) is 0 Å². The smallest absolute Gasteiger partial charge is 0.315 e. The van der Waals surface area contributed by atoms with Crippen molar-refractivity contribution in [2.75, 3.05) is 0 Å². The van der Waals surface area contributed by atoms with Gasteiger partial charge < -0.3 is 5.11 Å². The molecule has 2 rings (SSSR count). The predicted molar refractivity (Wildman–Crippen MR) is 68.1 cm³/mol. The van der Waals surface area contributed by atoms with Crippen molar-refractivity contribution in [3.05, 3.63) is 71.8 Å². The first-order valence-electron chi connectivity index (χ1n) is 5.12. The second-order valence-electron chi connectivity index (χ2n) is 3.59. The quantitative estimate of drug-likeness (QED) is 0.852. The molecule has 0 saturated carbocycles. The Morgan fingerprint density at radius 3 is 1.47 bits per heavy atom. The molecule has 82 valence electrons. The molecule has 2 nitrogen and oxygen atoms in total. The summed E-state index contributed by atoms with van der Waals surface area (Å²) in [5, 5.41) is 9.28. The van der Waals surface area contributed by atoms with Gasteiger partial charge in [0, 0.05) is 37.7 Å². The Morgan fingerprint density at radius 2 is 1.18 bits per heavy atom. The van der Waals surface area contributed by atoms with E-state index < -0.39 is 11.9 Å². The van der Waals surface area contributed by atoms with Crippen LogP contribution >= 0.6 is 0 Å². The van der Waals surface area contributed by atoms with Crippen molar-refractivity contribution in [3.63, 3.8) is 0 Å². The molecule has 2 radical (unpaired) electrons. The number of carboxylic acids is 1. The van der Waals surface area contributed by atoms with E-state index in [1.165, 1.54) is 0 Å². The maximum absolute atomic E-state index is 11.3. The minimum atomic E-state index is -0.822. The molecule has 1 N–H and O–H groups in total. The Hall–Kier alpha value is -0.830. The zero-order valence-corrected chi connectivity index (χ0v) is 11.6. The van der Waals surface area contributed by atoms with Crippen molar-refractivity contribution in [2.45, 2.75) is 5.92 Å². The van der Waals surface area contributed by atoms with Crippen LogP contribution in [-0.2, 0) is 4.79 Å². The van der Waals surface area contributed by atoms with Gasteiger partial charge in [-0.2, -0.15) is 0 Å². The maximum Gasteiger partial charge on any atom is 0.315 e. The van der Waals surface area contributed by atoms with Crippen molar-refractivity contribution in [1.82, 2.24) is 0 Å². The fourth-order valence-corrected chi connectivity index (χ4v) is 1.77. The first-order valence-corrected chi connectivity index (χ1v) is 5.12. The molecule has 0 heterocycles. The summed E-state index contributed by atoms with van der Waals surface area (Å²) in [5.74, 6) is -1.40. The summed E-state index contributed by atoms with van der Waals surface area (Å²) >= 11 is 0. The van der Waals surface area contributed by atoms with Crippen LogP contribution in [0.25, 0.3) is 0 Å². The van der Waals surface area contributed by atoms with E-state index in [0.717, 1.165) is 11.1 Å². The van der Waals surface area contributed by atoms with Gasteiger partial charge in [-0.05, 0) is 11.1 Å². The van der Waals surface area contributed by atoms with Crippen LogP contribution < -0.4 is 0 Å². The van der Waals surface area contributed by atoms with E-state index in [0.29, 0.717) is 0 Å². The first kappa shape index (κ1) is 14.2. The van der Waals surface area contributed by atoms with Crippen LogP contribution in [0, 0.1) is 0 Å². The summed E-state index contributed by atoms with van der Waals surface area (Å²) in [6.45, 7) is 0. The number of aliphatic carboxylic acids is 1. The number of benzene rings is 2. The summed E-state index contributed by atoms with van der Waals surface area (Å²) in [5.41, 5.74) is 1.61. The molecule has 0 spiro atoms. The van der Waals surface area contributed by atoms with Crippen molar-refractivity contribution < 1.29 is 9.90 Å². The molecule has 2 aromatic carbocycles. The van der Waals surface area contributed by atoms with Gasteiger partial charge in [-0.3, -0.25) is 4.79 Å². The molecule has 17 heavy (non-hydrogen) atoms. The van der Waals surface area contributed by atoms with Crippen LogP contribution in [0.5, 0.6) is 0 Å². The summed E-state index contributed by atoms with van der Waals surface area (Å²) in [4.78, 5) is 11.3. The third-order valence-corrected chi connectivity index (χ3v) is 2.51. The molecule has 0 aliphatic heterocycles. The Morgan fingerprint density at radius 1 is 0.824 bits per heavy atom. The summed E-state index contributed by atoms with van der Waals surface area (Å²) in [7, 11) is 0. The van der Waals surface area contributed by atoms with Gasteiger partial charge in [0.2, 0.25) is 0 Å². The number of carbonyl (C=O) groups is 1. The minimum Gasteiger partial charge on any atom is -0.481 e. The summed E-state index contributed by atoms with van der Waals surface area (Å²) < 4.78 is 0. The van der Waals surface area contributed by atoms with E-state index in [1.807, 2.05) is 60.7 Å². The van der Waals surface area contributed by atoms with Gasteiger partial charge in [0.05, 0.1) is 0 Å². The molecule has 0 aliphatic rings. The minimum absolute atomic E-state index is 0. The Labute approximate surface area is 130 Å². The van der Waals surface area contributed by atoms with Crippen molar-refractivity contribution in [2.24, 2.45) is 0 Å². The normalized spacial score (nSPS) is 9.71. The number of rotatable bonds is 3. The Kier molecular flexibility index (Phi) is 5.69. The SMILES string of the molecule is O=C(O)C(c1ccccc1)c1ccccc1.[Ca]. The van der Waals surface area contributed by atoms with Crippen molar-refractivity contribution in [3.8, 4) is 0 Å². The number of hydrogen-bond donors (Lipinski definition) is 1. The molecule has 0 fully saturated rings. The van der Waals surface area contributed by atoms with Gasteiger partial charge in [0.25, 0.3) is 0 Å². The maximum atomic E-state index is 11.3. The largest absolute Gasteiger partial charge is 0.481 e. The zero-order valence-electron chi connectivity index (χ0n) is 9.41. The number of hydrogen-bond acceptors (Lipinski definition) is 1. The molecule has 0 aliphatic carbocycles. The molecular formula is C14H12CaO2. The Balaban J connectivity index is 0.00000144. The second-order valence-corrected chi connectivity index (χ2v) is 3.59. The molecule has 0 atom stereocenters. The summed E-state index contributed by atoms with van der Waals surface area (Å²) in [6, 6.07) is 18.5. The average molecular weight is 252 g/mol. The standard InChI is InChI=1S/C14H12O2.Ca/c15-14(16)13(11-7-3-1-4-8-11)12-9-5-2-6-10-12;/h1-10,13H,(H,15,16);. The molecule has 0 saturated heterocycles. The molecule has 0 unspecified atom stereocenters. The zero-order chi connectivity index (χ0) is 11.4. The van der Waals surface area contributed by atoms with Crippen LogP contribution in [0.3, 0.4) is 0 Å². The van der Waals surface area contributed by atoms with Crippen LogP contribution in [0.1, 0.15) is 17.0 Å². The average Bonchev–Trinajstić information content (AvgIpc) is 2.31. The monoisotopic (exact) mass is 252 g/mol. The molecule has 0 aromatic heterocycles. The van der Waals surface area contributed by atoms with E-state index in [1.54, 1.807) is 0 Å². The summed E-state index contributed by atoms with van der Waals surface area (Å²) in [6.07, 6.45) is 0. The Bertz CT molecular complexity index is 429. The van der Waals surface area contributed by atoms with Crippen molar-refractivity contribution >= 4 is 43.7 Å². The van der Waals surface area contributed by atoms with E-state index in [-0.39, 0.29) is 37.7 Å². The fraction of sp³-hybridized carbons (Fsp3) is 0.0714. The fourth-order valence-electron chi connectivity index (χ4n) is 1.77. The topological polar surface area (TPSA) is 37.3 Å². The van der Waals surface area contributed by atoms with E-state index in [2.05, 4.69) is 0 Å². The van der Waals surface area contributed by atoms with Crippen molar-refractivity contribution in [1.29, 1.82) is 0 Å². The van der Waals surface area contributed by atoms with E-state index in [9.17, 15) is 9.90 Å². The molecule has 0 bridgehead atoms. The van der Waals surface area contributed by atoms with Gasteiger partial charge in [0.1, 0.15) is 5.92 Å². The van der Waals surface area contributed by atoms with Gasteiger partial charge >= 0.3 is 5.97 Å². The molecule has 3 heteroatoms. The van der Waals surface area contributed by atoms with Crippen LogP contribution in [0.15, 0.2) is 60.7 Å². The van der Waals surface area contributed by atoms with Crippen LogP contribution in [-0.4, -0.2) is 48.8 Å². The number of carboxylic acid groups (broad SMARTS) is 1.